The molecule has 1 N–H and O–H groups in total. The van der Waals surface area contributed by atoms with E-state index in [2.05, 4.69) is 55.5 Å². The van der Waals surface area contributed by atoms with Crippen LogP contribution < -0.4 is 0 Å². The number of hydrogen-bond acceptors (Lipinski definition) is 2. The highest BCUT2D eigenvalue weighted by Gasteiger charge is 2.10. The van der Waals surface area contributed by atoms with Gasteiger partial charge in [-0.3, -0.25) is 0 Å². The third-order valence-corrected chi connectivity index (χ3v) is 5.87. The molecule has 0 aliphatic heterocycles. The van der Waals surface area contributed by atoms with Gasteiger partial charge >= 0.3 is 0 Å². The molecule has 3 aromatic rings. The summed E-state index contributed by atoms with van der Waals surface area (Å²) in [5.74, 6) is 0.980. The number of furan rings is 1. The molecule has 0 atom stereocenters. The van der Waals surface area contributed by atoms with Crippen LogP contribution in [0.25, 0.3) is 22.3 Å². The highest BCUT2D eigenvalue weighted by atomic mass is 16.3. The molecule has 0 radical (unpaired) electrons. The molecular formula is C27H36O2. The van der Waals surface area contributed by atoms with E-state index in [0.717, 1.165) is 30.6 Å². The maximum absolute atomic E-state index is 8.79. The first-order valence-corrected chi connectivity index (χ1v) is 11.5. The second-order valence-corrected chi connectivity index (χ2v) is 8.15. The Hall–Kier alpha value is -2.06. The molecular weight excluding hydrogens is 356 g/mol. The predicted molar refractivity (Wildman–Crippen MR) is 123 cm³/mol. The number of hydrogen-bond donors (Lipinski definition) is 1. The fourth-order valence-corrected chi connectivity index (χ4v) is 4.11. The van der Waals surface area contributed by atoms with Gasteiger partial charge in [0.15, 0.2) is 0 Å². The highest BCUT2D eigenvalue weighted by molar-refractivity contribution is 5.84. The molecule has 0 saturated heterocycles. The minimum absolute atomic E-state index is 0.344. The van der Waals surface area contributed by atoms with Gasteiger partial charge < -0.3 is 9.52 Å². The standard InChI is InChI=1S/C27H36O2/c1-2-23-15-11-12-16-25(23)27-21-24-18-17-22(20-26(24)29-27)14-10-8-6-4-3-5-7-9-13-19-28/h11-12,15-18,20-21,28H,2-10,13-14,19H2,1H3. The topological polar surface area (TPSA) is 33.4 Å². The number of aliphatic hydroxyl groups excluding tert-OH is 1. The van der Waals surface area contributed by atoms with Gasteiger partial charge in [0.2, 0.25) is 0 Å². The molecule has 0 aliphatic carbocycles. The van der Waals surface area contributed by atoms with Crippen molar-refractivity contribution >= 4 is 11.0 Å². The number of aliphatic hydroxyl groups is 1. The Kier molecular flexibility index (Phi) is 8.82. The van der Waals surface area contributed by atoms with E-state index in [1.165, 1.54) is 73.4 Å². The monoisotopic (exact) mass is 392 g/mol. The molecule has 0 amide bonds. The van der Waals surface area contributed by atoms with E-state index in [4.69, 9.17) is 9.52 Å². The third kappa shape index (κ3) is 6.47. The Balaban J connectivity index is 1.46. The zero-order chi connectivity index (χ0) is 20.3. The third-order valence-electron chi connectivity index (χ3n) is 5.87. The SMILES string of the molecule is CCc1ccccc1-c1cc2ccc(CCCCCCCCCCCO)cc2o1. The van der Waals surface area contributed by atoms with Crippen molar-refractivity contribution in [3.05, 3.63) is 59.7 Å². The first-order valence-electron chi connectivity index (χ1n) is 11.5. The Morgan fingerprint density at radius 2 is 1.45 bits per heavy atom. The summed E-state index contributed by atoms with van der Waals surface area (Å²) >= 11 is 0. The summed E-state index contributed by atoms with van der Waals surface area (Å²) in [6.07, 6.45) is 13.5. The summed E-state index contributed by atoms with van der Waals surface area (Å²) in [4.78, 5) is 0. The van der Waals surface area contributed by atoms with Gasteiger partial charge in [-0.2, -0.15) is 0 Å². The number of fused-ring (bicyclic) bond motifs is 1. The Morgan fingerprint density at radius 3 is 2.17 bits per heavy atom. The van der Waals surface area contributed by atoms with Crippen LogP contribution in [-0.2, 0) is 12.8 Å². The number of benzene rings is 2. The molecule has 156 valence electrons. The zero-order valence-electron chi connectivity index (χ0n) is 18.0. The molecule has 2 aromatic carbocycles. The van der Waals surface area contributed by atoms with E-state index in [1.54, 1.807) is 0 Å². The molecule has 2 heteroatoms. The summed E-state index contributed by atoms with van der Waals surface area (Å²) in [7, 11) is 0. The van der Waals surface area contributed by atoms with Gasteiger partial charge in [0.25, 0.3) is 0 Å². The maximum Gasteiger partial charge on any atom is 0.135 e. The van der Waals surface area contributed by atoms with E-state index in [-0.39, 0.29) is 0 Å². The Labute approximate surface area is 176 Å². The van der Waals surface area contributed by atoms with Gasteiger partial charge in [0.05, 0.1) is 0 Å². The van der Waals surface area contributed by atoms with Gasteiger partial charge in [-0.15, -0.1) is 0 Å². The van der Waals surface area contributed by atoms with Crippen LogP contribution >= 0.6 is 0 Å². The molecule has 0 bridgehead atoms. The lowest BCUT2D eigenvalue weighted by Gasteiger charge is -2.04. The number of unbranched alkanes of at least 4 members (excludes halogenated alkanes) is 8. The molecule has 0 spiro atoms. The molecule has 1 heterocycles. The van der Waals surface area contributed by atoms with Gasteiger partial charge in [0, 0.05) is 17.6 Å². The molecule has 0 unspecified atom stereocenters. The van der Waals surface area contributed by atoms with E-state index in [1.807, 2.05) is 0 Å². The van der Waals surface area contributed by atoms with Crippen molar-refractivity contribution < 1.29 is 9.52 Å². The number of rotatable bonds is 13. The average Bonchev–Trinajstić information content (AvgIpc) is 3.18. The lowest BCUT2D eigenvalue weighted by atomic mass is 10.0. The fourth-order valence-electron chi connectivity index (χ4n) is 4.11. The van der Waals surface area contributed by atoms with E-state index >= 15 is 0 Å². The van der Waals surface area contributed by atoms with Crippen LogP contribution in [0.5, 0.6) is 0 Å². The van der Waals surface area contributed by atoms with E-state index in [9.17, 15) is 0 Å². The maximum atomic E-state index is 8.79. The zero-order valence-corrected chi connectivity index (χ0v) is 18.0. The second-order valence-electron chi connectivity index (χ2n) is 8.15. The Bertz CT molecular complexity index is 862. The smallest absolute Gasteiger partial charge is 0.135 e. The molecule has 0 aliphatic rings. The van der Waals surface area contributed by atoms with Crippen molar-refractivity contribution in [2.45, 2.75) is 77.6 Å². The van der Waals surface area contributed by atoms with Crippen LogP contribution in [0, 0.1) is 0 Å². The average molecular weight is 393 g/mol. The van der Waals surface area contributed by atoms with Crippen LogP contribution in [0.2, 0.25) is 0 Å². The van der Waals surface area contributed by atoms with Crippen molar-refractivity contribution in [1.82, 2.24) is 0 Å². The van der Waals surface area contributed by atoms with Crippen LogP contribution in [-0.4, -0.2) is 11.7 Å². The van der Waals surface area contributed by atoms with E-state index in [0.29, 0.717) is 6.61 Å². The fraction of sp³-hybridized carbons (Fsp3) is 0.481. The molecule has 0 saturated carbocycles. The summed E-state index contributed by atoms with van der Waals surface area (Å²) in [5, 5.41) is 9.98. The van der Waals surface area contributed by atoms with Gasteiger partial charge in [-0.25, -0.2) is 0 Å². The Morgan fingerprint density at radius 1 is 0.759 bits per heavy atom. The first kappa shape index (κ1) is 21.6. The summed E-state index contributed by atoms with van der Waals surface area (Å²) in [5.41, 5.74) is 4.93. The lowest BCUT2D eigenvalue weighted by molar-refractivity contribution is 0.282. The van der Waals surface area contributed by atoms with Gasteiger partial charge in [-0.1, -0.05) is 88.3 Å². The quantitative estimate of drug-likeness (QED) is 0.302. The minimum Gasteiger partial charge on any atom is -0.456 e. The van der Waals surface area contributed by atoms with Crippen molar-refractivity contribution in [1.29, 1.82) is 0 Å². The molecule has 3 rings (SSSR count). The molecule has 29 heavy (non-hydrogen) atoms. The summed E-state index contributed by atoms with van der Waals surface area (Å²) in [6.45, 7) is 2.54. The van der Waals surface area contributed by atoms with Crippen LogP contribution in [0.15, 0.2) is 52.9 Å². The van der Waals surface area contributed by atoms with Crippen LogP contribution in [0.4, 0.5) is 0 Å². The van der Waals surface area contributed by atoms with E-state index < -0.39 is 0 Å². The molecule has 1 aromatic heterocycles. The molecule has 2 nitrogen and oxygen atoms in total. The van der Waals surface area contributed by atoms with Crippen LogP contribution in [0.1, 0.15) is 75.8 Å². The lowest BCUT2D eigenvalue weighted by Crippen LogP contribution is -1.87. The number of aryl methyl sites for hydroxylation is 2. The molecule has 0 fully saturated rings. The normalized spacial score (nSPS) is 11.4. The van der Waals surface area contributed by atoms with Gasteiger partial charge in [-0.05, 0) is 48.9 Å². The van der Waals surface area contributed by atoms with Crippen molar-refractivity contribution in [2.75, 3.05) is 6.61 Å². The second kappa shape index (κ2) is 11.8. The predicted octanol–water partition coefficient (Wildman–Crippen LogP) is 7.71. The van der Waals surface area contributed by atoms with Crippen LogP contribution in [0.3, 0.4) is 0 Å². The largest absolute Gasteiger partial charge is 0.456 e. The van der Waals surface area contributed by atoms with Crippen molar-refractivity contribution in [2.24, 2.45) is 0 Å². The van der Waals surface area contributed by atoms with Crippen molar-refractivity contribution in [3.63, 3.8) is 0 Å². The minimum atomic E-state index is 0.344. The first-order chi connectivity index (χ1) is 14.3. The summed E-state index contributed by atoms with van der Waals surface area (Å²) < 4.78 is 6.22. The van der Waals surface area contributed by atoms with Crippen molar-refractivity contribution in [3.8, 4) is 11.3 Å². The highest BCUT2D eigenvalue weighted by Crippen LogP contribution is 2.31. The summed E-state index contributed by atoms with van der Waals surface area (Å²) in [6, 6.07) is 17.4. The van der Waals surface area contributed by atoms with Gasteiger partial charge in [0.1, 0.15) is 11.3 Å².